The average molecular weight is 1160 g/mol. The summed E-state index contributed by atoms with van der Waals surface area (Å²) in [7, 11) is 9.45. The number of likely N-dealkylation sites (N-methyl/N-ethyl adjacent to an activating group) is 4. The van der Waals surface area contributed by atoms with Gasteiger partial charge in [-0.2, -0.15) is 26.3 Å². The molecule has 2 saturated heterocycles. The Bertz CT molecular complexity index is 2020. The van der Waals surface area contributed by atoms with Gasteiger partial charge >= 0.3 is 12.4 Å². The lowest BCUT2D eigenvalue weighted by atomic mass is 10.0. The summed E-state index contributed by atoms with van der Waals surface area (Å²) in [4.78, 5) is 98.0. The molecule has 81 heavy (non-hydrogen) atoms. The van der Waals surface area contributed by atoms with Crippen molar-refractivity contribution in [3.63, 3.8) is 0 Å². The molecule has 0 aliphatic carbocycles. The van der Waals surface area contributed by atoms with E-state index in [2.05, 4.69) is 106 Å². The van der Waals surface area contributed by atoms with Crippen molar-refractivity contribution in [2.24, 2.45) is 0 Å². The number of nitrogens with one attached hydrogen (secondary N) is 6. The number of aldehydes is 3. The highest BCUT2D eigenvalue weighted by Gasteiger charge is 2.34. The van der Waals surface area contributed by atoms with E-state index >= 15 is 0 Å². The number of carbonyl (C=O) groups is 8. The molecular formula is C57H94F6N10O8. The number of benzene rings is 2. The van der Waals surface area contributed by atoms with Crippen LogP contribution in [-0.4, -0.2) is 205 Å². The van der Waals surface area contributed by atoms with E-state index in [1.165, 1.54) is 24.0 Å². The molecular weight excluding hydrogens is 1070 g/mol. The molecule has 4 rings (SSSR count). The smallest absolute Gasteiger partial charge is 0.356 e. The minimum Gasteiger partial charge on any atom is -0.356 e. The molecule has 2 aromatic rings. The van der Waals surface area contributed by atoms with Crippen LogP contribution in [0.3, 0.4) is 0 Å². The summed E-state index contributed by atoms with van der Waals surface area (Å²) in [6.45, 7) is 14.5. The predicted molar refractivity (Wildman–Crippen MR) is 304 cm³/mol. The number of nitrogens with zero attached hydrogens (tertiary/aromatic N) is 4. The Hall–Kier alpha value is -5.82. The first-order valence-corrected chi connectivity index (χ1v) is 27.5. The standard InChI is InChI=1S/C22H34N4O3.C15H22N2O.C14H28N4O3.C2HF3O.C2H3F3.C2H6/c1-23-16-21(28)24-20(11-7-15-27)22(29)26-13-6-10-19(26)17-25(2)14-12-18-8-4-3-5-9-18;1-16-10-5-8-15(16)12-17(13-18)11-9-14-6-3-2-4-7-14;1-14(2,16-4)7-8-17-12(20)6-5-11(10-19)18-13(21)9-15-3;3-2(4,5)1-6;1-2(3,4)5;1-2/h3-5,8-9,15,19-20,23H,6-7,10-14,16-17H2,1-2H3,(H,24,28);2-4,6-7,13,15H,5,8-12H2,1H3;10-11,15-16H,5-9H2,1-4H3,(H,17,20)(H,18,21);1H;1H3;1-2H3/t;;11-;;;/m..0.../s1. The first kappa shape index (κ1) is 77.2. The minimum absolute atomic E-state index is 0.0280. The molecule has 2 aliphatic heterocycles. The fourth-order valence-corrected chi connectivity index (χ4v) is 8.02. The number of halogens is 6. The molecule has 24 heteroatoms. The van der Waals surface area contributed by atoms with Gasteiger partial charge in [0.2, 0.25) is 36.3 Å². The van der Waals surface area contributed by atoms with Crippen LogP contribution in [0.5, 0.6) is 0 Å². The second-order valence-electron chi connectivity index (χ2n) is 19.9. The summed E-state index contributed by atoms with van der Waals surface area (Å²) in [5, 5.41) is 16.8. The Morgan fingerprint density at radius 1 is 0.716 bits per heavy atom. The van der Waals surface area contributed by atoms with Gasteiger partial charge in [0, 0.05) is 76.7 Å². The lowest BCUT2D eigenvalue weighted by molar-refractivity contribution is -0.156. The number of carbonyl (C=O) groups excluding carboxylic acids is 8. The van der Waals surface area contributed by atoms with E-state index in [9.17, 15) is 59.9 Å². The van der Waals surface area contributed by atoms with E-state index in [-0.39, 0.29) is 68.1 Å². The van der Waals surface area contributed by atoms with Crippen LogP contribution in [0.1, 0.15) is 104 Å². The van der Waals surface area contributed by atoms with Crippen molar-refractivity contribution in [1.82, 2.24) is 51.5 Å². The van der Waals surface area contributed by atoms with Gasteiger partial charge in [-0.15, -0.1) is 0 Å². The van der Waals surface area contributed by atoms with Crippen LogP contribution in [0.25, 0.3) is 0 Å². The highest BCUT2D eigenvalue weighted by atomic mass is 19.4. The Labute approximate surface area is 477 Å². The fourth-order valence-electron chi connectivity index (χ4n) is 8.02. The van der Waals surface area contributed by atoms with Gasteiger partial charge < -0.3 is 61.1 Å². The largest absolute Gasteiger partial charge is 0.446 e. The van der Waals surface area contributed by atoms with Crippen molar-refractivity contribution in [3.8, 4) is 0 Å². The number of likely N-dealkylation sites (tertiary alicyclic amines) is 2. The topological polar surface area (TPSA) is 222 Å². The second-order valence-corrected chi connectivity index (χ2v) is 19.9. The van der Waals surface area contributed by atoms with Gasteiger partial charge in [-0.1, -0.05) is 74.5 Å². The molecule has 0 radical (unpaired) electrons. The number of amides is 5. The van der Waals surface area contributed by atoms with E-state index in [4.69, 9.17) is 4.79 Å². The zero-order chi connectivity index (χ0) is 61.9. The van der Waals surface area contributed by atoms with Crippen molar-refractivity contribution in [3.05, 3.63) is 71.8 Å². The van der Waals surface area contributed by atoms with Gasteiger partial charge in [0.05, 0.1) is 19.1 Å². The van der Waals surface area contributed by atoms with E-state index in [1.807, 2.05) is 55.0 Å². The molecule has 2 aromatic carbocycles. The molecule has 5 amide bonds. The Morgan fingerprint density at radius 2 is 1.22 bits per heavy atom. The van der Waals surface area contributed by atoms with Crippen LogP contribution in [0, 0.1) is 0 Å². The Kier molecular flexibility index (Phi) is 42.7. The van der Waals surface area contributed by atoms with Crippen LogP contribution in [0.4, 0.5) is 26.3 Å². The van der Waals surface area contributed by atoms with Gasteiger partial charge in [-0.05, 0) is 125 Å². The fraction of sp³-hybridized carbons (Fsp3) is 0.649. The van der Waals surface area contributed by atoms with E-state index in [0.717, 1.165) is 77.5 Å². The number of alkyl halides is 6. The van der Waals surface area contributed by atoms with Crippen LogP contribution in [-0.2, 0) is 51.2 Å². The molecule has 2 fully saturated rings. The van der Waals surface area contributed by atoms with E-state index in [0.29, 0.717) is 38.3 Å². The number of rotatable bonds is 29. The Morgan fingerprint density at radius 3 is 1.68 bits per heavy atom. The van der Waals surface area contributed by atoms with Gasteiger partial charge in [0.15, 0.2) is 0 Å². The van der Waals surface area contributed by atoms with E-state index < -0.39 is 30.7 Å². The molecule has 0 aromatic heterocycles. The number of hydrogen-bond acceptors (Lipinski definition) is 13. The maximum absolute atomic E-state index is 13.1. The van der Waals surface area contributed by atoms with Crippen molar-refractivity contribution in [1.29, 1.82) is 0 Å². The zero-order valence-corrected chi connectivity index (χ0v) is 49.4. The van der Waals surface area contributed by atoms with Crippen molar-refractivity contribution >= 4 is 48.9 Å². The van der Waals surface area contributed by atoms with Crippen LogP contribution < -0.4 is 31.9 Å². The molecule has 3 unspecified atom stereocenters. The average Bonchev–Trinajstić information content (AvgIpc) is 4.07. The molecule has 462 valence electrons. The molecule has 0 saturated carbocycles. The summed E-state index contributed by atoms with van der Waals surface area (Å²) in [6.07, 6.45) is 0.983. The van der Waals surface area contributed by atoms with Gasteiger partial charge in [-0.25, -0.2) is 0 Å². The second kappa shape index (κ2) is 44.8. The summed E-state index contributed by atoms with van der Waals surface area (Å²) in [5.74, 6) is -0.676. The molecule has 0 bridgehead atoms. The summed E-state index contributed by atoms with van der Waals surface area (Å²) in [5.41, 5.74) is 2.57. The maximum Gasteiger partial charge on any atom is 0.446 e. The highest BCUT2D eigenvalue weighted by molar-refractivity contribution is 5.89. The van der Waals surface area contributed by atoms with Crippen molar-refractivity contribution < 1.29 is 64.7 Å². The van der Waals surface area contributed by atoms with Gasteiger partial charge in [0.1, 0.15) is 18.6 Å². The molecule has 0 spiro atoms. The molecule has 6 N–H and O–H groups in total. The van der Waals surface area contributed by atoms with Crippen LogP contribution >= 0.6 is 0 Å². The third kappa shape index (κ3) is 41.8. The monoisotopic (exact) mass is 1160 g/mol. The third-order valence-electron chi connectivity index (χ3n) is 12.6. The van der Waals surface area contributed by atoms with Gasteiger partial charge in [-0.3, -0.25) is 28.8 Å². The molecule has 18 nitrogen and oxygen atoms in total. The van der Waals surface area contributed by atoms with Crippen LogP contribution in [0.2, 0.25) is 0 Å². The minimum atomic E-state index is -4.64. The predicted octanol–water partition coefficient (Wildman–Crippen LogP) is 5.13. The third-order valence-corrected chi connectivity index (χ3v) is 12.6. The quantitative estimate of drug-likeness (QED) is 0.0460. The van der Waals surface area contributed by atoms with Crippen LogP contribution in [0.15, 0.2) is 60.7 Å². The Balaban J connectivity index is 0. The number of hydrogen-bond donors (Lipinski definition) is 6. The van der Waals surface area contributed by atoms with E-state index in [1.54, 1.807) is 14.1 Å². The first-order valence-electron chi connectivity index (χ1n) is 27.5. The summed E-state index contributed by atoms with van der Waals surface area (Å²) < 4.78 is 62.3. The lowest BCUT2D eigenvalue weighted by Gasteiger charge is -2.31. The SMILES string of the molecule is CC.CC(F)(F)F.CN1CCCC1CN(C=O)CCc1ccccc1.CNCC(=O)NC(CCC=O)C(=O)N1CCCC1CN(C)CCc1ccccc1.CNCC(=O)N[C@H](C=O)CCC(=O)NCCC(C)(C)NC.O=CC(F)(F)F. The normalized spacial score (nSPS) is 15.5. The molecule has 2 heterocycles. The summed E-state index contributed by atoms with van der Waals surface area (Å²) in [6, 6.07) is 20.2. The molecule has 4 atom stereocenters. The first-order chi connectivity index (χ1) is 38.2. The van der Waals surface area contributed by atoms with Crippen molar-refractivity contribution in [2.75, 3.05) is 94.1 Å². The lowest BCUT2D eigenvalue weighted by Crippen LogP contribution is -2.53. The van der Waals surface area contributed by atoms with Crippen molar-refractivity contribution in [2.45, 2.75) is 147 Å². The summed E-state index contributed by atoms with van der Waals surface area (Å²) >= 11 is 0. The van der Waals surface area contributed by atoms with Gasteiger partial charge in [0.25, 0.3) is 0 Å². The zero-order valence-electron chi connectivity index (χ0n) is 49.4. The maximum atomic E-state index is 13.1. The molecule has 2 aliphatic rings. The highest BCUT2D eigenvalue weighted by Crippen LogP contribution is 2.21.